The van der Waals surface area contributed by atoms with Gasteiger partial charge in [0.05, 0.1) is 12.6 Å². The molecule has 3 aromatic rings. The van der Waals surface area contributed by atoms with Gasteiger partial charge < -0.3 is 10.5 Å². The largest absolute Gasteiger partial charge is 0.481 e. The summed E-state index contributed by atoms with van der Waals surface area (Å²) >= 11 is 0. The van der Waals surface area contributed by atoms with Gasteiger partial charge in [-0.15, -0.1) is 0 Å². The van der Waals surface area contributed by atoms with Crippen LogP contribution in [0.25, 0.3) is 22.0 Å². The van der Waals surface area contributed by atoms with Crippen molar-refractivity contribution in [1.29, 1.82) is 0 Å². The SMILES string of the molecule is COc1cc(-c2ccc3nc(CC(C)CCN)ccc3c2)ccn1. The van der Waals surface area contributed by atoms with Gasteiger partial charge in [-0.05, 0) is 60.7 Å². The van der Waals surface area contributed by atoms with E-state index in [1.54, 1.807) is 13.3 Å². The third kappa shape index (κ3) is 3.71. The zero-order valence-electron chi connectivity index (χ0n) is 14.2. The first-order chi connectivity index (χ1) is 11.7. The Labute approximate surface area is 142 Å². The first-order valence-corrected chi connectivity index (χ1v) is 8.30. The molecule has 0 fully saturated rings. The standard InChI is InChI=1S/C20H23N3O/c1-14(7-9-21)11-18-5-3-17-12-15(4-6-19(17)23-18)16-8-10-22-20(13-16)24-2/h3-6,8,10,12-14H,7,9,11,21H2,1-2H3. The highest BCUT2D eigenvalue weighted by Crippen LogP contribution is 2.26. The predicted molar refractivity (Wildman–Crippen MR) is 98.1 cm³/mol. The van der Waals surface area contributed by atoms with Crippen LogP contribution < -0.4 is 10.5 Å². The number of methoxy groups -OCH3 is 1. The minimum Gasteiger partial charge on any atom is -0.481 e. The van der Waals surface area contributed by atoms with Crippen molar-refractivity contribution in [2.24, 2.45) is 11.7 Å². The smallest absolute Gasteiger partial charge is 0.213 e. The van der Waals surface area contributed by atoms with E-state index in [4.69, 9.17) is 15.5 Å². The average Bonchev–Trinajstić information content (AvgIpc) is 2.61. The minimum atomic E-state index is 0.559. The highest BCUT2D eigenvalue weighted by atomic mass is 16.5. The summed E-state index contributed by atoms with van der Waals surface area (Å²) in [5, 5.41) is 1.14. The van der Waals surface area contributed by atoms with Crippen LogP contribution in [0.2, 0.25) is 0 Å². The van der Waals surface area contributed by atoms with Gasteiger partial charge in [-0.3, -0.25) is 4.98 Å². The Kier molecular flexibility index (Phi) is 5.06. The molecule has 2 N–H and O–H groups in total. The molecule has 3 rings (SSSR count). The zero-order chi connectivity index (χ0) is 16.9. The number of hydrogen-bond acceptors (Lipinski definition) is 4. The number of hydrogen-bond donors (Lipinski definition) is 1. The van der Waals surface area contributed by atoms with Crippen LogP contribution in [-0.2, 0) is 6.42 Å². The third-order valence-electron chi connectivity index (χ3n) is 4.24. The number of nitrogens with two attached hydrogens (primary N) is 1. The highest BCUT2D eigenvalue weighted by Gasteiger charge is 2.07. The van der Waals surface area contributed by atoms with Gasteiger partial charge in [-0.2, -0.15) is 0 Å². The Morgan fingerprint density at radius 3 is 2.71 bits per heavy atom. The second-order valence-corrected chi connectivity index (χ2v) is 6.18. The van der Waals surface area contributed by atoms with E-state index < -0.39 is 0 Å². The van der Waals surface area contributed by atoms with Crippen molar-refractivity contribution in [2.75, 3.05) is 13.7 Å². The molecule has 0 spiro atoms. The number of fused-ring (bicyclic) bond motifs is 1. The van der Waals surface area contributed by atoms with Crippen molar-refractivity contribution in [3.63, 3.8) is 0 Å². The summed E-state index contributed by atoms with van der Waals surface area (Å²) < 4.78 is 5.20. The lowest BCUT2D eigenvalue weighted by atomic mass is 10.00. The second kappa shape index (κ2) is 7.41. The minimum absolute atomic E-state index is 0.559. The maximum Gasteiger partial charge on any atom is 0.213 e. The summed E-state index contributed by atoms with van der Waals surface area (Å²) in [5.41, 5.74) is 10.0. The Hall–Kier alpha value is -2.46. The lowest BCUT2D eigenvalue weighted by Crippen LogP contribution is -2.08. The van der Waals surface area contributed by atoms with E-state index in [1.165, 1.54) is 0 Å². The van der Waals surface area contributed by atoms with E-state index in [9.17, 15) is 0 Å². The van der Waals surface area contributed by atoms with E-state index in [0.29, 0.717) is 11.8 Å². The van der Waals surface area contributed by atoms with Gasteiger partial charge in [-0.25, -0.2) is 4.98 Å². The van der Waals surface area contributed by atoms with Crippen molar-refractivity contribution in [3.05, 3.63) is 54.4 Å². The molecule has 1 atom stereocenters. The molecule has 0 bridgehead atoms. The molecule has 0 radical (unpaired) electrons. The predicted octanol–water partition coefficient (Wildman–Crippen LogP) is 3.83. The average molecular weight is 321 g/mol. The van der Waals surface area contributed by atoms with Crippen LogP contribution in [0.5, 0.6) is 5.88 Å². The normalized spacial score (nSPS) is 12.3. The Morgan fingerprint density at radius 1 is 1.08 bits per heavy atom. The molecule has 2 aromatic heterocycles. The fraction of sp³-hybridized carbons (Fsp3) is 0.300. The van der Waals surface area contributed by atoms with Crippen LogP contribution in [-0.4, -0.2) is 23.6 Å². The van der Waals surface area contributed by atoms with Crippen molar-refractivity contribution in [3.8, 4) is 17.0 Å². The lowest BCUT2D eigenvalue weighted by molar-refractivity contribution is 0.398. The molecule has 0 saturated carbocycles. The first kappa shape index (κ1) is 16.4. The quantitative estimate of drug-likeness (QED) is 0.749. The topological polar surface area (TPSA) is 61.0 Å². The Bertz CT molecular complexity index is 832. The van der Waals surface area contributed by atoms with Crippen molar-refractivity contribution in [1.82, 2.24) is 9.97 Å². The van der Waals surface area contributed by atoms with E-state index in [1.807, 2.05) is 12.1 Å². The summed E-state index contributed by atoms with van der Waals surface area (Å²) in [4.78, 5) is 8.94. The van der Waals surface area contributed by atoms with Gasteiger partial charge >= 0.3 is 0 Å². The number of aromatic nitrogens is 2. The molecule has 4 nitrogen and oxygen atoms in total. The Morgan fingerprint density at radius 2 is 1.92 bits per heavy atom. The van der Waals surface area contributed by atoms with Gasteiger partial charge in [-0.1, -0.05) is 19.1 Å². The Balaban J connectivity index is 1.89. The van der Waals surface area contributed by atoms with E-state index >= 15 is 0 Å². The van der Waals surface area contributed by atoms with Gasteiger partial charge in [0.25, 0.3) is 0 Å². The summed E-state index contributed by atoms with van der Waals surface area (Å²) in [7, 11) is 1.63. The van der Waals surface area contributed by atoms with Crippen molar-refractivity contribution in [2.45, 2.75) is 19.8 Å². The molecule has 1 aromatic carbocycles. The molecular weight excluding hydrogens is 298 g/mol. The number of pyridine rings is 2. The zero-order valence-corrected chi connectivity index (χ0v) is 14.2. The second-order valence-electron chi connectivity index (χ2n) is 6.18. The van der Waals surface area contributed by atoms with Gasteiger partial charge in [0.1, 0.15) is 0 Å². The maximum atomic E-state index is 5.63. The summed E-state index contributed by atoms with van der Waals surface area (Å²) in [6.45, 7) is 2.95. The van der Waals surface area contributed by atoms with Crippen LogP contribution in [0.15, 0.2) is 48.7 Å². The molecule has 0 amide bonds. The molecule has 1 unspecified atom stereocenters. The van der Waals surface area contributed by atoms with Crippen LogP contribution >= 0.6 is 0 Å². The van der Waals surface area contributed by atoms with Crippen LogP contribution in [0, 0.1) is 5.92 Å². The van der Waals surface area contributed by atoms with E-state index in [-0.39, 0.29) is 0 Å². The molecule has 0 aliphatic carbocycles. The van der Waals surface area contributed by atoms with E-state index in [2.05, 4.69) is 42.2 Å². The lowest BCUT2D eigenvalue weighted by Gasteiger charge is -2.10. The first-order valence-electron chi connectivity index (χ1n) is 8.30. The molecule has 0 saturated heterocycles. The molecule has 2 heterocycles. The van der Waals surface area contributed by atoms with Crippen molar-refractivity contribution >= 4 is 10.9 Å². The highest BCUT2D eigenvalue weighted by molar-refractivity contribution is 5.84. The van der Waals surface area contributed by atoms with Crippen molar-refractivity contribution < 1.29 is 4.74 Å². The molecule has 0 aliphatic heterocycles. The van der Waals surface area contributed by atoms with Crippen LogP contribution in [0.4, 0.5) is 0 Å². The summed E-state index contributed by atoms with van der Waals surface area (Å²) in [6, 6.07) is 14.5. The number of rotatable bonds is 6. The fourth-order valence-corrected chi connectivity index (χ4v) is 2.91. The summed E-state index contributed by atoms with van der Waals surface area (Å²) in [6.07, 6.45) is 3.76. The number of benzene rings is 1. The number of ether oxygens (including phenoxy) is 1. The van der Waals surface area contributed by atoms with E-state index in [0.717, 1.165) is 47.1 Å². The third-order valence-corrected chi connectivity index (χ3v) is 4.24. The van der Waals surface area contributed by atoms with Gasteiger partial charge in [0.2, 0.25) is 5.88 Å². The summed E-state index contributed by atoms with van der Waals surface area (Å²) in [5.74, 6) is 1.18. The molecular formula is C20H23N3O. The number of nitrogens with zero attached hydrogens (tertiary/aromatic N) is 2. The van der Waals surface area contributed by atoms with Crippen LogP contribution in [0.3, 0.4) is 0 Å². The molecule has 0 aliphatic rings. The van der Waals surface area contributed by atoms with Crippen LogP contribution in [0.1, 0.15) is 19.0 Å². The molecule has 4 heteroatoms. The fourth-order valence-electron chi connectivity index (χ4n) is 2.91. The maximum absolute atomic E-state index is 5.63. The van der Waals surface area contributed by atoms with Gasteiger partial charge in [0.15, 0.2) is 0 Å². The molecule has 24 heavy (non-hydrogen) atoms. The monoisotopic (exact) mass is 321 g/mol. The molecule has 124 valence electrons. The van der Waals surface area contributed by atoms with Gasteiger partial charge in [0, 0.05) is 23.3 Å².